The van der Waals surface area contributed by atoms with E-state index in [0.717, 1.165) is 0 Å². The zero-order valence-corrected chi connectivity index (χ0v) is 17.3. The molecule has 0 bridgehead atoms. The van der Waals surface area contributed by atoms with Gasteiger partial charge in [-0.25, -0.2) is 10.2 Å². The Balaban J connectivity index is 1.99. The van der Waals surface area contributed by atoms with Crippen molar-refractivity contribution >= 4 is 18.1 Å². The molecule has 0 heterocycles. The second-order valence-corrected chi connectivity index (χ2v) is 5.89. The predicted molar refractivity (Wildman–Crippen MR) is 112 cm³/mol. The van der Waals surface area contributed by atoms with Gasteiger partial charge in [-0.2, -0.15) is 5.10 Å². The van der Waals surface area contributed by atoms with Crippen LogP contribution in [0, 0.1) is 0 Å². The lowest BCUT2D eigenvalue weighted by Crippen LogP contribution is -2.17. The zero-order valence-electron chi connectivity index (χ0n) is 17.3. The van der Waals surface area contributed by atoms with Gasteiger partial charge in [-0.3, -0.25) is 4.79 Å². The Bertz CT molecular complexity index is 864. The van der Waals surface area contributed by atoms with Crippen molar-refractivity contribution in [3.63, 3.8) is 0 Å². The summed E-state index contributed by atoms with van der Waals surface area (Å²) in [6.45, 7) is 6.53. The molecule has 30 heavy (non-hydrogen) atoms. The van der Waals surface area contributed by atoms with Gasteiger partial charge >= 0.3 is 5.97 Å². The highest BCUT2D eigenvalue weighted by molar-refractivity contribution is 5.95. The Morgan fingerprint density at radius 3 is 2.30 bits per heavy atom. The third-order valence-electron chi connectivity index (χ3n) is 3.73. The van der Waals surface area contributed by atoms with Crippen molar-refractivity contribution in [3.8, 4) is 17.2 Å². The second-order valence-electron chi connectivity index (χ2n) is 5.89. The van der Waals surface area contributed by atoms with Crippen LogP contribution in [0.25, 0.3) is 0 Å². The molecule has 0 saturated carbocycles. The van der Waals surface area contributed by atoms with E-state index in [-0.39, 0.29) is 19.1 Å². The highest BCUT2D eigenvalue weighted by Gasteiger charge is 2.10. The van der Waals surface area contributed by atoms with E-state index >= 15 is 0 Å². The number of carbonyl (C=O) groups excluding carboxylic acids is 2. The maximum atomic E-state index is 12.2. The van der Waals surface area contributed by atoms with Gasteiger partial charge < -0.3 is 18.9 Å². The maximum Gasteiger partial charge on any atom is 0.344 e. The highest BCUT2D eigenvalue weighted by Crippen LogP contribution is 2.28. The fourth-order valence-electron chi connectivity index (χ4n) is 2.43. The summed E-state index contributed by atoms with van der Waals surface area (Å²) in [4.78, 5) is 23.6. The van der Waals surface area contributed by atoms with Crippen LogP contribution in [0.5, 0.6) is 17.2 Å². The minimum atomic E-state index is -0.456. The van der Waals surface area contributed by atoms with Crippen molar-refractivity contribution < 1.29 is 28.5 Å². The summed E-state index contributed by atoms with van der Waals surface area (Å²) in [7, 11) is 0. The summed E-state index contributed by atoms with van der Waals surface area (Å²) in [6, 6.07) is 11.9. The normalized spacial score (nSPS) is 10.5. The van der Waals surface area contributed by atoms with Gasteiger partial charge in [0, 0.05) is 5.56 Å². The first-order valence-corrected chi connectivity index (χ1v) is 9.68. The molecule has 0 aliphatic heterocycles. The molecule has 8 nitrogen and oxygen atoms in total. The van der Waals surface area contributed by atoms with Crippen molar-refractivity contribution in [2.24, 2.45) is 5.10 Å². The first kappa shape index (κ1) is 22.7. The number of nitrogens with zero attached hydrogens (tertiary/aromatic N) is 1. The molecule has 0 aliphatic rings. The van der Waals surface area contributed by atoms with Gasteiger partial charge in [0.05, 0.1) is 26.0 Å². The molecule has 0 fully saturated rings. The number of ether oxygens (including phenoxy) is 4. The van der Waals surface area contributed by atoms with E-state index in [2.05, 4.69) is 10.5 Å². The Kier molecular flexibility index (Phi) is 9.18. The van der Waals surface area contributed by atoms with Crippen molar-refractivity contribution in [1.82, 2.24) is 5.43 Å². The van der Waals surface area contributed by atoms with Gasteiger partial charge in [-0.15, -0.1) is 0 Å². The number of rotatable bonds is 11. The summed E-state index contributed by atoms with van der Waals surface area (Å²) in [5.74, 6) is 0.784. The van der Waals surface area contributed by atoms with Crippen molar-refractivity contribution in [1.29, 1.82) is 0 Å². The van der Waals surface area contributed by atoms with Crippen LogP contribution in [0.2, 0.25) is 0 Å². The lowest BCUT2D eigenvalue weighted by Gasteiger charge is -2.12. The number of hydrogen-bond donors (Lipinski definition) is 1. The van der Waals surface area contributed by atoms with Gasteiger partial charge in [0.2, 0.25) is 0 Å². The molecule has 1 amide bonds. The SMILES string of the molecule is CCOC(=O)COc1ccc(/C=N/NC(=O)c2ccc(OCC)cc2)cc1OCC. The van der Waals surface area contributed by atoms with Crippen molar-refractivity contribution in [3.05, 3.63) is 53.6 Å². The number of hydrogen-bond acceptors (Lipinski definition) is 7. The molecule has 0 aromatic heterocycles. The minimum absolute atomic E-state index is 0.209. The first-order valence-electron chi connectivity index (χ1n) is 9.68. The van der Waals surface area contributed by atoms with E-state index in [1.54, 1.807) is 49.4 Å². The Labute approximate surface area is 175 Å². The van der Waals surface area contributed by atoms with E-state index in [0.29, 0.717) is 41.6 Å². The third-order valence-corrected chi connectivity index (χ3v) is 3.73. The summed E-state index contributed by atoms with van der Waals surface area (Å²) in [6.07, 6.45) is 1.49. The number of hydrazone groups is 1. The largest absolute Gasteiger partial charge is 0.494 e. The molecule has 2 aromatic rings. The Morgan fingerprint density at radius 2 is 1.63 bits per heavy atom. The van der Waals surface area contributed by atoms with E-state index in [4.69, 9.17) is 18.9 Å². The summed E-state index contributed by atoms with van der Waals surface area (Å²) in [5, 5.41) is 3.98. The maximum absolute atomic E-state index is 12.2. The van der Waals surface area contributed by atoms with Crippen LogP contribution in [0.3, 0.4) is 0 Å². The van der Waals surface area contributed by atoms with E-state index in [1.165, 1.54) is 6.21 Å². The topological polar surface area (TPSA) is 95.5 Å². The summed E-state index contributed by atoms with van der Waals surface area (Å²) < 4.78 is 21.2. The van der Waals surface area contributed by atoms with E-state index < -0.39 is 5.97 Å². The monoisotopic (exact) mass is 414 g/mol. The first-order chi connectivity index (χ1) is 14.6. The molecule has 0 aliphatic carbocycles. The van der Waals surface area contributed by atoms with Gasteiger partial charge in [-0.05, 0) is 68.8 Å². The Hall–Kier alpha value is -3.55. The van der Waals surface area contributed by atoms with E-state index in [1.807, 2.05) is 13.8 Å². The van der Waals surface area contributed by atoms with Gasteiger partial charge in [0.1, 0.15) is 5.75 Å². The molecule has 0 spiro atoms. The summed E-state index contributed by atoms with van der Waals surface area (Å²) in [5.41, 5.74) is 3.63. The molecule has 0 atom stereocenters. The summed E-state index contributed by atoms with van der Waals surface area (Å²) >= 11 is 0. The molecule has 0 saturated heterocycles. The molecule has 0 radical (unpaired) electrons. The lowest BCUT2D eigenvalue weighted by molar-refractivity contribution is -0.145. The van der Waals surface area contributed by atoms with Crippen LogP contribution in [-0.2, 0) is 9.53 Å². The van der Waals surface area contributed by atoms with Crippen molar-refractivity contribution in [2.45, 2.75) is 20.8 Å². The average molecular weight is 414 g/mol. The van der Waals surface area contributed by atoms with Crippen LogP contribution in [0.15, 0.2) is 47.6 Å². The van der Waals surface area contributed by atoms with Crippen molar-refractivity contribution in [2.75, 3.05) is 26.4 Å². The predicted octanol–water partition coefficient (Wildman–Crippen LogP) is 3.19. The molecule has 2 rings (SSSR count). The quantitative estimate of drug-likeness (QED) is 0.345. The minimum Gasteiger partial charge on any atom is -0.494 e. The molecule has 0 unspecified atom stereocenters. The molecule has 160 valence electrons. The second kappa shape index (κ2) is 12.1. The molecule has 2 aromatic carbocycles. The fourth-order valence-corrected chi connectivity index (χ4v) is 2.43. The van der Waals surface area contributed by atoms with Gasteiger partial charge in [-0.1, -0.05) is 0 Å². The molecular weight excluding hydrogens is 388 g/mol. The number of benzene rings is 2. The average Bonchev–Trinajstić information content (AvgIpc) is 2.74. The zero-order chi connectivity index (χ0) is 21.8. The molecule has 8 heteroatoms. The smallest absolute Gasteiger partial charge is 0.344 e. The van der Waals surface area contributed by atoms with Crippen LogP contribution >= 0.6 is 0 Å². The van der Waals surface area contributed by atoms with Gasteiger partial charge in [0.15, 0.2) is 18.1 Å². The van der Waals surface area contributed by atoms with Crippen LogP contribution < -0.4 is 19.6 Å². The fraction of sp³-hybridized carbons (Fsp3) is 0.318. The number of amides is 1. The number of nitrogens with one attached hydrogen (secondary N) is 1. The van der Waals surface area contributed by atoms with Crippen LogP contribution in [0.1, 0.15) is 36.7 Å². The van der Waals surface area contributed by atoms with E-state index in [9.17, 15) is 9.59 Å². The molecule has 1 N–H and O–H groups in total. The van der Waals surface area contributed by atoms with Gasteiger partial charge in [0.25, 0.3) is 5.91 Å². The number of carbonyl (C=O) groups is 2. The van der Waals surface area contributed by atoms with Crippen LogP contribution in [-0.4, -0.2) is 44.5 Å². The lowest BCUT2D eigenvalue weighted by atomic mass is 10.2. The van der Waals surface area contributed by atoms with Crippen LogP contribution in [0.4, 0.5) is 0 Å². The third kappa shape index (κ3) is 7.12. The standard InChI is InChI=1S/C22H26N2O6/c1-4-27-18-10-8-17(9-11-18)22(26)24-23-14-16-7-12-19(20(13-16)28-5-2)30-15-21(25)29-6-3/h7-14H,4-6,15H2,1-3H3,(H,24,26)/b23-14+. The Morgan fingerprint density at radius 1 is 0.900 bits per heavy atom. The highest BCUT2D eigenvalue weighted by atomic mass is 16.6. The number of esters is 1. The molecular formula is C22H26N2O6.